The van der Waals surface area contributed by atoms with Crippen molar-refractivity contribution in [3.63, 3.8) is 0 Å². The van der Waals surface area contributed by atoms with Gasteiger partial charge in [0.25, 0.3) is 5.88 Å². The number of aromatic amines is 1. The van der Waals surface area contributed by atoms with E-state index in [1.807, 2.05) is 0 Å². The Labute approximate surface area is 146 Å². The smallest absolute Gasteiger partial charge is 0.395 e. The lowest BCUT2D eigenvalue weighted by Gasteiger charge is -2.10. The Morgan fingerprint density at radius 3 is 2.69 bits per heavy atom. The van der Waals surface area contributed by atoms with Gasteiger partial charge in [0, 0.05) is 6.92 Å². The summed E-state index contributed by atoms with van der Waals surface area (Å²) >= 11 is 0. The zero-order chi connectivity index (χ0) is 19.3. The molecule has 0 aliphatic rings. The minimum atomic E-state index is -1.07. The first-order valence-corrected chi connectivity index (χ1v) is 7.42. The predicted octanol–water partition coefficient (Wildman–Crippen LogP) is 1.88. The molecule has 1 aromatic heterocycles. The zero-order valence-corrected chi connectivity index (χ0v) is 13.9. The van der Waals surface area contributed by atoms with Gasteiger partial charge in [0.15, 0.2) is 11.5 Å². The molecule has 0 fully saturated rings. The molecule has 0 saturated carbocycles. The molecule has 0 unspecified atom stereocenters. The number of hydrogen-bond acceptors (Lipinski definition) is 8. The fourth-order valence-corrected chi connectivity index (χ4v) is 2.03. The van der Waals surface area contributed by atoms with Crippen molar-refractivity contribution in [3.05, 3.63) is 50.1 Å². The predicted molar refractivity (Wildman–Crippen MR) is 91.0 cm³/mol. The summed E-state index contributed by atoms with van der Waals surface area (Å²) in [7, 11) is 0. The average Bonchev–Trinajstić information content (AvgIpc) is 2.54. The van der Waals surface area contributed by atoms with Crippen LogP contribution in [0, 0.1) is 10.1 Å². The van der Waals surface area contributed by atoms with E-state index < -0.39 is 28.0 Å². The normalized spacial score (nSPS) is 10.7. The van der Waals surface area contributed by atoms with Crippen LogP contribution in [0.3, 0.4) is 0 Å². The van der Waals surface area contributed by atoms with Crippen LogP contribution in [0.25, 0.3) is 12.2 Å². The van der Waals surface area contributed by atoms with Gasteiger partial charge in [0.05, 0.1) is 11.5 Å². The number of benzene rings is 1. The average molecular weight is 361 g/mol. The van der Waals surface area contributed by atoms with Crippen molar-refractivity contribution in [2.24, 2.45) is 0 Å². The summed E-state index contributed by atoms with van der Waals surface area (Å²) in [6, 6.07) is 4.76. The fraction of sp³-hybridized carbons (Fsp3) is 0.188. The maximum absolute atomic E-state index is 11.6. The molecule has 0 bridgehead atoms. The fourth-order valence-electron chi connectivity index (χ4n) is 2.03. The van der Waals surface area contributed by atoms with Crippen molar-refractivity contribution < 1.29 is 24.3 Å². The van der Waals surface area contributed by atoms with Crippen molar-refractivity contribution in [1.29, 1.82) is 0 Å². The Morgan fingerprint density at radius 2 is 2.12 bits per heavy atom. The molecule has 0 radical (unpaired) electrons. The summed E-state index contributed by atoms with van der Waals surface area (Å²) in [5.41, 5.74) is -1.47. The molecule has 1 aromatic carbocycles. The van der Waals surface area contributed by atoms with Crippen LogP contribution in [-0.4, -0.2) is 32.6 Å². The number of nitrogens with one attached hydrogen (secondary N) is 1. The number of aromatic nitrogens is 2. The van der Waals surface area contributed by atoms with Gasteiger partial charge in [-0.3, -0.25) is 19.7 Å². The van der Waals surface area contributed by atoms with Crippen LogP contribution in [0.1, 0.15) is 25.2 Å². The van der Waals surface area contributed by atoms with Crippen LogP contribution in [0.2, 0.25) is 0 Å². The lowest BCUT2D eigenvalue weighted by Crippen LogP contribution is -2.14. The summed E-state index contributed by atoms with van der Waals surface area (Å²) in [5.74, 6) is -0.926. The first kappa shape index (κ1) is 18.6. The van der Waals surface area contributed by atoms with Gasteiger partial charge in [-0.05, 0) is 30.7 Å². The largest absolute Gasteiger partial charge is 0.490 e. The second-order valence-corrected chi connectivity index (χ2v) is 4.95. The molecule has 0 amide bonds. The summed E-state index contributed by atoms with van der Waals surface area (Å²) in [5, 5.41) is 20.2. The standard InChI is InChI=1S/C16H15N3O7/c1-3-25-12-8-10(4-6-11(12)26-9(2)20)5-7-13-17-15(21)14(19(23)24)16(22)18-13/h4-8H,3H2,1-2H3,(H2,17,18,21,22)/b7-5-. The third kappa shape index (κ3) is 4.44. The SMILES string of the molecule is CCOc1cc(/C=C\c2nc(O)c([N+](=O)[O-])c(=O)[nH]2)ccc1OC(C)=O. The van der Waals surface area contributed by atoms with E-state index in [4.69, 9.17) is 9.47 Å². The molecule has 2 rings (SSSR count). The van der Waals surface area contributed by atoms with Gasteiger partial charge in [0.1, 0.15) is 5.82 Å². The van der Waals surface area contributed by atoms with E-state index in [-0.39, 0.29) is 11.6 Å². The molecule has 136 valence electrons. The molecular formula is C16H15N3O7. The lowest BCUT2D eigenvalue weighted by molar-refractivity contribution is -0.387. The Bertz CT molecular complexity index is 934. The Morgan fingerprint density at radius 1 is 1.38 bits per heavy atom. The molecule has 2 N–H and O–H groups in total. The number of ether oxygens (including phenoxy) is 2. The minimum Gasteiger partial charge on any atom is -0.490 e. The van der Waals surface area contributed by atoms with E-state index in [0.29, 0.717) is 17.9 Å². The van der Waals surface area contributed by atoms with Crippen LogP contribution in [-0.2, 0) is 4.79 Å². The molecule has 0 aliphatic heterocycles. The van der Waals surface area contributed by atoms with Gasteiger partial charge in [-0.25, -0.2) is 0 Å². The molecule has 0 saturated heterocycles. The maximum atomic E-state index is 11.6. The van der Waals surface area contributed by atoms with E-state index >= 15 is 0 Å². The van der Waals surface area contributed by atoms with Crippen LogP contribution in [0.4, 0.5) is 5.69 Å². The Kier molecular flexibility index (Phi) is 5.68. The van der Waals surface area contributed by atoms with E-state index in [1.54, 1.807) is 19.1 Å². The van der Waals surface area contributed by atoms with Crippen molar-refractivity contribution in [3.8, 4) is 17.4 Å². The third-order valence-corrected chi connectivity index (χ3v) is 3.03. The number of nitro groups is 1. The highest BCUT2D eigenvalue weighted by Crippen LogP contribution is 2.29. The van der Waals surface area contributed by atoms with Crippen LogP contribution < -0.4 is 15.0 Å². The number of nitrogens with zero attached hydrogens (tertiary/aromatic N) is 2. The van der Waals surface area contributed by atoms with Gasteiger partial charge in [-0.15, -0.1) is 0 Å². The number of carbonyl (C=O) groups excluding carboxylic acids is 1. The topological polar surface area (TPSA) is 145 Å². The van der Waals surface area contributed by atoms with Crippen molar-refractivity contribution in [2.75, 3.05) is 6.61 Å². The highest BCUT2D eigenvalue weighted by atomic mass is 16.6. The van der Waals surface area contributed by atoms with Crippen LogP contribution in [0.5, 0.6) is 17.4 Å². The molecule has 1 heterocycles. The van der Waals surface area contributed by atoms with Gasteiger partial charge >= 0.3 is 17.2 Å². The monoisotopic (exact) mass is 361 g/mol. The number of rotatable bonds is 6. The van der Waals surface area contributed by atoms with Gasteiger partial charge < -0.3 is 19.6 Å². The summed E-state index contributed by atoms with van der Waals surface area (Å²) in [6.45, 7) is 3.40. The van der Waals surface area contributed by atoms with Crippen molar-refractivity contribution in [2.45, 2.75) is 13.8 Å². The molecular weight excluding hydrogens is 346 g/mol. The molecule has 10 heteroatoms. The minimum absolute atomic E-state index is 0.0693. The highest BCUT2D eigenvalue weighted by molar-refractivity contribution is 5.72. The van der Waals surface area contributed by atoms with E-state index in [1.165, 1.54) is 25.1 Å². The Balaban J connectivity index is 2.33. The van der Waals surface area contributed by atoms with Crippen LogP contribution >= 0.6 is 0 Å². The van der Waals surface area contributed by atoms with Gasteiger partial charge in [-0.2, -0.15) is 4.98 Å². The second kappa shape index (κ2) is 7.92. The molecule has 0 spiro atoms. The van der Waals surface area contributed by atoms with Crippen molar-refractivity contribution >= 4 is 23.8 Å². The molecule has 0 atom stereocenters. The van der Waals surface area contributed by atoms with E-state index in [0.717, 1.165) is 0 Å². The first-order valence-electron chi connectivity index (χ1n) is 7.42. The number of carbonyl (C=O) groups is 1. The van der Waals surface area contributed by atoms with Gasteiger partial charge in [-0.1, -0.05) is 12.1 Å². The Hall–Kier alpha value is -3.69. The highest BCUT2D eigenvalue weighted by Gasteiger charge is 2.21. The number of esters is 1. The third-order valence-electron chi connectivity index (χ3n) is 3.03. The van der Waals surface area contributed by atoms with Gasteiger partial charge in [0.2, 0.25) is 0 Å². The lowest BCUT2D eigenvalue weighted by atomic mass is 10.2. The molecule has 2 aromatic rings. The molecule has 0 aliphatic carbocycles. The molecule has 26 heavy (non-hydrogen) atoms. The zero-order valence-electron chi connectivity index (χ0n) is 13.9. The molecule has 10 nitrogen and oxygen atoms in total. The van der Waals surface area contributed by atoms with E-state index in [2.05, 4.69) is 9.97 Å². The number of aromatic hydroxyl groups is 1. The number of H-pyrrole nitrogens is 1. The summed E-state index contributed by atoms with van der Waals surface area (Å²) in [6.07, 6.45) is 2.88. The maximum Gasteiger partial charge on any atom is 0.395 e. The summed E-state index contributed by atoms with van der Waals surface area (Å²) < 4.78 is 10.4. The van der Waals surface area contributed by atoms with Crippen molar-refractivity contribution in [1.82, 2.24) is 9.97 Å². The number of hydrogen-bond donors (Lipinski definition) is 2. The quantitative estimate of drug-likeness (QED) is 0.343. The van der Waals surface area contributed by atoms with Crippen LogP contribution in [0.15, 0.2) is 23.0 Å². The first-order chi connectivity index (χ1) is 12.3. The summed E-state index contributed by atoms with van der Waals surface area (Å²) in [4.78, 5) is 38.1. The van der Waals surface area contributed by atoms with E-state index in [9.17, 15) is 24.8 Å². The second-order valence-electron chi connectivity index (χ2n) is 4.95.